The molecule has 0 saturated heterocycles. The van der Waals surface area contributed by atoms with Crippen molar-refractivity contribution in [1.29, 1.82) is 0 Å². The maximum absolute atomic E-state index is 12.3. The molecule has 0 aliphatic heterocycles. The van der Waals surface area contributed by atoms with Gasteiger partial charge in [0.05, 0.1) is 9.77 Å². The summed E-state index contributed by atoms with van der Waals surface area (Å²) in [6.07, 6.45) is 1.33. The van der Waals surface area contributed by atoms with Crippen molar-refractivity contribution in [2.45, 2.75) is 18.7 Å². The molecular weight excluding hydrogens is 314 g/mol. The summed E-state index contributed by atoms with van der Waals surface area (Å²) < 4.78 is 30.6. The first kappa shape index (κ1) is 15.7. The molecule has 114 valence electrons. The van der Waals surface area contributed by atoms with Gasteiger partial charge in [-0.15, -0.1) is 11.3 Å². The molecule has 1 N–H and O–H groups in total. The van der Waals surface area contributed by atoms with E-state index in [1.165, 1.54) is 28.1 Å². The van der Waals surface area contributed by atoms with Gasteiger partial charge < -0.3 is 9.84 Å². The summed E-state index contributed by atoms with van der Waals surface area (Å²) >= 11 is 1.07. The first-order valence-electron chi connectivity index (χ1n) is 6.29. The lowest BCUT2D eigenvalue weighted by Gasteiger charge is -2.17. The van der Waals surface area contributed by atoms with Gasteiger partial charge in [-0.25, -0.2) is 8.42 Å². The van der Waals surface area contributed by atoms with Crippen molar-refractivity contribution in [2.75, 3.05) is 18.4 Å². The zero-order valence-corrected chi connectivity index (χ0v) is 13.2. The molecule has 7 nitrogen and oxygen atoms in total. The molecule has 0 atom stereocenters. The van der Waals surface area contributed by atoms with Gasteiger partial charge in [-0.3, -0.25) is 4.79 Å². The van der Waals surface area contributed by atoms with E-state index in [4.69, 9.17) is 0 Å². The largest absolute Gasteiger partial charge is 0.363 e. The molecule has 2 rings (SSSR count). The van der Waals surface area contributed by atoms with Gasteiger partial charge in [0.2, 0.25) is 10.0 Å². The Bertz CT molecular complexity index is 703. The molecule has 2 aromatic heterocycles. The topological polar surface area (TPSA) is 92.5 Å². The number of hydrogen-bond acceptors (Lipinski definition) is 6. The monoisotopic (exact) mass is 329 g/mol. The molecule has 2 heterocycles. The second-order valence-electron chi connectivity index (χ2n) is 4.07. The van der Waals surface area contributed by atoms with Crippen LogP contribution in [0.3, 0.4) is 0 Å². The van der Waals surface area contributed by atoms with Crippen LogP contribution in [0, 0.1) is 0 Å². The Hall–Kier alpha value is -1.71. The number of nitrogens with one attached hydrogen (secondary N) is 1. The van der Waals surface area contributed by atoms with E-state index in [0.29, 0.717) is 18.0 Å². The molecule has 9 heteroatoms. The Labute approximate surface area is 126 Å². The summed E-state index contributed by atoms with van der Waals surface area (Å²) in [4.78, 5) is 12.4. The normalized spacial score (nSPS) is 11.8. The zero-order chi connectivity index (χ0) is 15.5. The van der Waals surface area contributed by atoms with Crippen molar-refractivity contribution >= 4 is 33.1 Å². The van der Waals surface area contributed by atoms with Crippen molar-refractivity contribution in [3.63, 3.8) is 0 Å². The molecule has 0 spiro atoms. The fourth-order valence-electron chi connectivity index (χ4n) is 1.74. The Morgan fingerprint density at radius 1 is 1.43 bits per heavy atom. The van der Waals surface area contributed by atoms with Crippen LogP contribution >= 0.6 is 11.3 Å². The number of thiophene rings is 1. The van der Waals surface area contributed by atoms with E-state index in [1.54, 1.807) is 13.8 Å². The van der Waals surface area contributed by atoms with Crippen molar-refractivity contribution < 1.29 is 17.7 Å². The number of anilines is 1. The predicted octanol–water partition coefficient (Wildman–Crippen LogP) is 2.02. The average Bonchev–Trinajstić information content (AvgIpc) is 3.10. The Kier molecular flexibility index (Phi) is 4.76. The van der Waals surface area contributed by atoms with Crippen LogP contribution < -0.4 is 5.32 Å². The van der Waals surface area contributed by atoms with Crippen molar-refractivity contribution in [1.82, 2.24) is 9.46 Å². The molecular formula is C12H15N3O4S2. The van der Waals surface area contributed by atoms with E-state index in [2.05, 4.69) is 15.0 Å². The Balaban J connectivity index is 2.20. The molecule has 0 aliphatic carbocycles. The van der Waals surface area contributed by atoms with Crippen LogP contribution in [-0.2, 0) is 10.0 Å². The van der Waals surface area contributed by atoms with E-state index in [0.717, 1.165) is 11.3 Å². The van der Waals surface area contributed by atoms with Gasteiger partial charge >= 0.3 is 0 Å². The number of hydrogen-bond donors (Lipinski definition) is 1. The van der Waals surface area contributed by atoms with Gasteiger partial charge in [0, 0.05) is 24.5 Å². The highest BCUT2D eigenvalue weighted by Crippen LogP contribution is 2.23. The fourth-order valence-corrected chi connectivity index (χ4v) is 4.35. The standard InChI is InChI=1S/C12H15N3O4S2/c1-3-15(4-2)21(17,18)9-7-10(20-8-9)12(16)13-11-5-6-19-14-11/h5-8H,3-4H2,1-2H3,(H,13,14,16). The highest BCUT2D eigenvalue weighted by molar-refractivity contribution is 7.89. The molecule has 21 heavy (non-hydrogen) atoms. The quantitative estimate of drug-likeness (QED) is 0.875. The maximum Gasteiger partial charge on any atom is 0.267 e. The zero-order valence-electron chi connectivity index (χ0n) is 11.6. The van der Waals surface area contributed by atoms with Gasteiger partial charge in [-0.2, -0.15) is 4.31 Å². The predicted molar refractivity (Wildman–Crippen MR) is 78.9 cm³/mol. The minimum atomic E-state index is -3.55. The lowest BCUT2D eigenvalue weighted by Crippen LogP contribution is -2.30. The SMILES string of the molecule is CCN(CC)S(=O)(=O)c1csc(C(=O)Nc2ccon2)c1. The molecule has 1 amide bonds. The third kappa shape index (κ3) is 3.31. The number of sulfonamides is 1. The molecule has 0 fully saturated rings. The summed E-state index contributed by atoms with van der Waals surface area (Å²) in [5.74, 6) is -0.142. The molecule has 0 aliphatic rings. The van der Waals surface area contributed by atoms with Crippen LogP contribution in [0.15, 0.2) is 33.2 Å². The van der Waals surface area contributed by atoms with Crippen LogP contribution in [-0.4, -0.2) is 36.9 Å². The second kappa shape index (κ2) is 6.37. The summed E-state index contributed by atoms with van der Waals surface area (Å²) in [6.45, 7) is 4.31. The van der Waals surface area contributed by atoms with E-state index < -0.39 is 15.9 Å². The van der Waals surface area contributed by atoms with Crippen molar-refractivity contribution in [3.05, 3.63) is 28.7 Å². The fraction of sp³-hybridized carbons (Fsp3) is 0.333. The minimum Gasteiger partial charge on any atom is -0.363 e. The Morgan fingerprint density at radius 3 is 2.71 bits per heavy atom. The minimum absolute atomic E-state index is 0.126. The van der Waals surface area contributed by atoms with E-state index in [9.17, 15) is 13.2 Å². The van der Waals surface area contributed by atoms with Crippen LogP contribution in [0.25, 0.3) is 0 Å². The Morgan fingerprint density at radius 2 is 2.14 bits per heavy atom. The summed E-state index contributed by atoms with van der Waals surface area (Å²) in [5.41, 5.74) is 0. The summed E-state index contributed by atoms with van der Waals surface area (Å²) in [6, 6.07) is 2.87. The van der Waals surface area contributed by atoms with Gasteiger partial charge in [0.25, 0.3) is 5.91 Å². The van der Waals surface area contributed by atoms with Crippen LogP contribution in [0.1, 0.15) is 23.5 Å². The third-order valence-corrected chi connectivity index (χ3v) is 5.93. The molecule has 0 aromatic carbocycles. The number of rotatable bonds is 6. The second-order valence-corrected chi connectivity index (χ2v) is 6.92. The highest BCUT2D eigenvalue weighted by Gasteiger charge is 2.24. The summed E-state index contributed by atoms with van der Waals surface area (Å²) in [5, 5.41) is 7.55. The van der Waals surface area contributed by atoms with Crippen LogP contribution in [0.4, 0.5) is 5.82 Å². The number of nitrogens with zero attached hydrogens (tertiary/aromatic N) is 2. The van der Waals surface area contributed by atoms with Gasteiger partial charge in [-0.05, 0) is 6.07 Å². The van der Waals surface area contributed by atoms with Crippen LogP contribution in [0.5, 0.6) is 0 Å². The molecule has 0 bridgehead atoms. The summed E-state index contributed by atoms with van der Waals surface area (Å²) in [7, 11) is -3.55. The maximum atomic E-state index is 12.3. The average molecular weight is 329 g/mol. The van der Waals surface area contributed by atoms with Gasteiger partial charge in [0.1, 0.15) is 6.26 Å². The van der Waals surface area contributed by atoms with E-state index in [-0.39, 0.29) is 10.7 Å². The number of carbonyl (C=O) groups excluding carboxylic acids is 1. The highest BCUT2D eigenvalue weighted by atomic mass is 32.2. The first-order valence-corrected chi connectivity index (χ1v) is 8.61. The first-order chi connectivity index (χ1) is 9.98. The molecule has 0 unspecified atom stereocenters. The molecule has 0 radical (unpaired) electrons. The van der Waals surface area contributed by atoms with Gasteiger partial charge in [0.15, 0.2) is 5.82 Å². The van der Waals surface area contributed by atoms with Crippen LogP contribution in [0.2, 0.25) is 0 Å². The van der Waals surface area contributed by atoms with Gasteiger partial charge in [-0.1, -0.05) is 19.0 Å². The smallest absolute Gasteiger partial charge is 0.267 e. The number of carbonyl (C=O) groups is 1. The molecule has 2 aromatic rings. The lowest BCUT2D eigenvalue weighted by molar-refractivity contribution is 0.102. The van der Waals surface area contributed by atoms with Crippen molar-refractivity contribution in [3.8, 4) is 0 Å². The number of amides is 1. The van der Waals surface area contributed by atoms with E-state index in [1.807, 2.05) is 0 Å². The van der Waals surface area contributed by atoms with E-state index >= 15 is 0 Å². The third-order valence-electron chi connectivity index (χ3n) is 2.82. The lowest BCUT2D eigenvalue weighted by atomic mass is 10.4. The molecule has 0 saturated carbocycles. The number of aromatic nitrogens is 1. The van der Waals surface area contributed by atoms with Crippen molar-refractivity contribution in [2.24, 2.45) is 0 Å².